The van der Waals surface area contributed by atoms with Crippen LogP contribution in [0.2, 0.25) is 0 Å². The Labute approximate surface area is 190 Å². The number of carbonyl (C=O) groups excluding carboxylic acids is 1. The molecular weight excluding hydrogens is 425 g/mol. The number of aromatic nitrogens is 1. The van der Waals surface area contributed by atoms with Gasteiger partial charge in [0.1, 0.15) is 5.82 Å². The van der Waals surface area contributed by atoms with E-state index < -0.39 is 5.41 Å². The van der Waals surface area contributed by atoms with Gasteiger partial charge < -0.3 is 18.9 Å². The number of halogens is 1. The molecule has 2 aliphatic heterocycles. The Kier molecular flexibility index (Phi) is 4.83. The quantitative estimate of drug-likeness (QED) is 0.593. The van der Waals surface area contributed by atoms with E-state index >= 15 is 0 Å². The molecule has 0 atom stereocenters. The van der Waals surface area contributed by atoms with Crippen LogP contribution >= 0.6 is 0 Å². The number of benzene rings is 2. The van der Waals surface area contributed by atoms with Crippen LogP contribution in [0.25, 0.3) is 11.3 Å². The van der Waals surface area contributed by atoms with E-state index in [4.69, 9.17) is 14.0 Å². The van der Waals surface area contributed by atoms with Gasteiger partial charge in [-0.25, -0.2) is 4.39 Å². The van der Waals surface area contributed by atoms with E-state index in [1.54, 1.807) is 24.3 Å². The number of ether oxygens (including phenoxy) is 2. The predicted molar refractivity (Wildman–Crippen MR) is 117 cm³/mol. The molecule has 1 aliphatic carbocycles. The van der Waals surface area contributed by atoms with Crippen molar-refractivity contribution in [3.05, 3.63) is 65.6 Å². The number of amides is 1. The van der Waals surface area contributed by atoms with Crippen molar-refractivity contribution in [2.24, 2.45) is 0 Å². The van der Waals surface area contributed by atoms with Crippen LogP contribution in [0, 0.1) is 5.82 Å². The second kappa shape index (κ2) is 7.88. The maximum Gasteiger partial charge on any atom is 0.235 e. The second-order valence-corrected chi connectivity index (χ2v) is 8.89. The van der Waals surface area contributed by atoms with Gasteiger partial charge in [0.15, 0.2) is 17.3 Å². The molecule has 1 aromatic heterocycles. The highest BCUT2D eigenvalue weighted by atomic mass is 19.1. The van der Waals surface area contributed by atoms with Gasteiger partial charge in [-0.3, -0.25) is 9.69 Å². The highest BCUT2D eigenvalue weighted by molar-refractivity contribution is 5.91. The standard InChI is InChI=1S/C25H24FN3O4/c26-19-4-2-1-3-18(19)21-14-23(27-33-21)25(7-8-25)24(30)29-11-9-28(10-12-29)15-17-5-6-20-22(13-17)32-16-31-20/h1-6,13-14H,7-12,15-16H2. The summed E-state index contributed by atoms with van der Waals surface area (Å²) in [5.74, 6) is 1.67. The molecule has 1 saturated carbocycles. The molecule has 8 heteroatoms. The second-order valence-electron chi connectivity index (χ2n) is 8.89. The number of rotatable bonds is 5. The van der Waals surface area contributed by atoms with Crippen molar-refractivity contribution in [2.45, 2.75) is 24.8 Å². The Morgan fingerprint density at radius 2 is 1.79 bits per heavy atom. The molecule has 0 unspecified atom stereocenters. The van der Waals surface area contributed by atoms with Gasteiger partial charge in [0.2, 0.25) is 12.7 Å². The van der Waals surface area contributed by atoms with Gasteiger partial charge in [-0.1, -0.05) is 23.4 Å². The normalized spacial score (nSPS) is 19.0. The molecule has 2 fully saturated rings. The molecule has 0 N–H and O–H groups in total. The molecule has 3 heterocycles. The van der Waals surface area contributed by atoms with Gasteiger partial charge in [-0.05, 0) is 42.7 Å². The SMILES string of the molecule is O=C(N1CCN(Cc2ccc3c(c2)OCO3)CC1)C1(c2cc(-c3ccccc3F)on2)CC1. The van der Waals surface area contributed by atoms with E-state index in [2.05, 4.69) is 16.1 Å². The first-order valence-corrected chi connectivity index (χ1v) is 11.2. The molecule has 0 spiro atoms. The van der Waals surface area contributed by atoms with E-state index in [-0.39, 0.29) is 18.5 Å². The summed E-state index contributed by atoms with van der Waals surface area (Å²) in [5, 5.41) is 4.16. The first kappa shape index (κ1) is 20.2. The third-order valence-electron chi connectivity index (χ3n) is 6.80. The Bertz CT molecular complexity index is 1200. The summed E-state index contributed by atoms with van der Waals surface area (Å²) >= 11 is 0. The summed E-state index contributed by atoms with van der Waals surface area (Å²) in [4.78, 5) is 17.7. The van der Waals surface area contributed by atoms with E-state index in [9.17, 15) is 9.18 Å². The van der Waals surface area contributed by atoms with Crippen LogP contribution in [0.15, 0.2) is 53.1 Å². The molecule has 3 aromatic rings. The lowest BCUT2D eigenvalue weighted by atomic mass is 9.99. The number of carbonyl (C=O) groups is 1. The molecule has 7 nitrogen and oxygen atoms in total. The smallest absolute Gasteiger partial charge is 0.235 e. The molecule has 6 rings (SSSR count). The third kappa shape index (κ3) is 3.64. The third-order valence-corrected chi connectivity index (χ3v) is 6.80. The number of hydrogen-bond acceptors (Lipinski definition) is 6. The molecule has 0 bridgehead atoms. The zero-order valence-corrected chi connectivity index (χ0v) is 18.1. The molecule has 1 amide bonds. The summed E-state index contributed by atoms with van der Waals surface area (Å²) < 4.78 is 30.4. The van der Waals surface area contributed by atoms with E-state index in [0.29, 0.717) is 30.1 Å². The van der Waals surface area contributed by atoms with Crippen molar-refractivity contribution >= 4 is 5.91 Å². The van der Waals surface area contributed by atoms with Crippen LogP contribution in [-0.4, -0.2) is 53.8 Å². The molecule has 1 saturated heterocycles. The van der Waals surface area contributed by atoms with Crippen LogP contribution in [0.3, 0.4) is 0 Å². The lowest BCUT2D eigenvalue weighted by Gasteiger charge is -2.36. The maximum absolute atomic E-state index is 14.1. The predicted octanol–water partition coefficient (Wildman–Crippen LogP) is 3.59. The van der Waals surface area contributed by atoms with Crippen molar-refractivity contribution < 1.29 is 23.2 Å². The fourth-order valence-electron chi connectivity index (χ4n) is 4.70. The lowest BCUT2D eigenvalue weighted by Crippen LogP contribution is -2.51. The van der Waals surface area contributed by atoms with Gasteiger partial charge >= 0.3 is 0 Å². The fraction of sp³-hybridized carbons (Fsp3) is 0.360. The average molecular weight is 449 g/mol. The average Bonchev–Trinajstić information content (AvgIpc) is 3.26. The van der Waals surface area contributed by atoms with E-state index in [1.807, 2.05) is 17.0 Å². The Morgan fingerprint density at radius 3 is 2.58 bits per heavy atom. The maximum atomic E-state index is 14.1. The highest BCUT2D eigenvalue weighted by Gasteiger charge is 2.55. The van der Waals surface area contributed by atoms with Crippen LogP contribution < -0.4 is 9.47 Å². The lowest BCUT2D eigenvalue weighted by molar-refractivity contribution is -0.136. The van der Waals surface area contributed by atoms with E-state index in [0.717, 1.165) is 44.0 Å². The van der Waals surface area contributed by atoms with Crippen LogP contribution in [0.1, 0.15) is 24.1 Å². The van der Waals surface area contributed by atoms with Crippen LogP contribution in [0.5, 0.6) is 11.5 Å². The Hall–Kier alpha value is -3.39. The van der Waals surface area contributed by atoms with Gasteiger partial charge in [-0.15, -0.1) is 0 Å². The van der Waals surface area contributed by atoms with Crippen molar-refractivity contribution in [1.82, 2.24) is 15.0 Å². The summed E-state index contributed by atoms with van der Waals surface area (Å²) in [6, 6.07) is 14.2. The fourth-order valence-corrected chi connectivity index (χ4v) is 4.70. The molecule has 170 valence electrons. The van der Waals surface area contributed by atoms with E-state index in [1.165, 1.54) is 11.6 Å². The number of fused-ring (bicyclic) bond motifs is 1. The van der Waals surface area contributed by atoms with Gasteiger partial charge in [-0.2, -0.15) is 0 Å². The molecule has 3 aliphatic rings. The summed E-state index contributed by atoms with van der Waals surface area (Å²) in [6.45, 7) is 4.02. The van der Waals surface area contributed by atoms with Gasteiger partial charge in [0.05, 0.1) is 16.7 Å². The van der Waals surface area contributed by atoms with Crippen molar-refractivity contribution in [3.8, 4) is 22.8 Å². The molecule has 2 aromatic carbocycles. The van der Waals surface area contributed by atoms with Crippen LogP contribution in [0.4, 0.5) is 4.39 Å². The summed E-state index contributed by atoms with van der Waals surface area (Å²) in [6.07, 6.45) is 1.49. The largest absolute Gasteiger partial charge is 0.454 e. The minimum Gasteiger partial charge on any atom is -0.454 e. The minimum atomic E-state index is -0.632. The zero-order chi connectivity index (χ0) is 22.4. The molecule has 0 radical (unpaired) electrons. The zero-order valence-electron chi connectivity index (χ0n) is 18.1. The number of hydrogen-bond donors (Lipinski definition) is 0. The van der Waals surface area contributed by atoms with Crippen LogP contribution in [-0.2, 0) is 16.8 Å². The highest BCUT2D eigenvalue weighted by Crippen LogP contribution is 2.50. The van der Waals surface area contributed by atoms with Gasteiger partial charge in [0, 0.05) is 38.8 Å². The Morgan fingerprint density at radius 1 is 1.00 bits per heavy atom. The monoisotopic (exact) mass is 449 g/mol. The van der Waals surface area contributed by atoms with Crippen molar-refractivity contribution in [2.75, 3.05) is 33.0 Å². The molecular formula is C25H24FN3O4. The first-order chi connectivity index (χ1) is 16.1. The Balaban J connectivity index is 1.10. The minimum absolute atomic E-state index is 0.0959. The van der Waals surface area contributed by atoms with Gasteiger partial charge in [0.25, 0.3) is 0 Å². The van der Waals surface area contributed by atoms with Crippen molar-refractivity contribution in [1.29, 1.82) is 0 Å². The summed E-state index contributed by atoms with van der Waals surface area (Å²) in [5.41, 5.74) is 1.50. The summed E-state index contributed by atoms with van der Waals surface area (Å²) in [7, 11) is 0. The van der Waals surface area contributed by atoms with Crippen molar-refractivity contribution in [3.63, 3.8) is 0 Å². The number of piperazine rings is 1. The topological polar surface area (TPSA) is 68.0 Å². The first-order valence-electron chi connectivity index (χ1n) is 11.2. The molecule has 33 heavy (non-hydrogen) atoms. The number of nitrogens with zero attached hydrogens (tertiary/aromatic N) is 3.